The van der Waals surface area contributed by atoms with Crippen LogP contribution in [0.4, 0.5) is 5.82 Å². The molecule has 1 N–H and O–H groups in total. The molecule has 2 aliphatic rings. The number of hydrogen-bond acceptors (Lipinski definition) is 7. The number of amides is 2. The zero-order valence-corrected chi connectivity index (χ0v) is 18.8. The van der Waals surface area contributed by atoms with Crippen molar-refractivity contribution >= 4 is 17.6 Å². The Balaban J connectivity index is 1.43. The lowest BCUT2D eigenvalue weighted by Crippen LogP contribution is -2.38. The average Bonchev–Trinajstić information content (AvgIpc) is 2.83. The van der Waals surface area contributed by atoms with Crippen LogP contribution in [0.25, 0.3) is 0 Å². The van der Waals surface area contributed by atoms with Crippen LogP contribution in [0.3, 0.4) is 0 Å². The molecule has 4 rings (SSSR count). The highest BCUT2D eigenvalue weighted by Gasteiger charge is 2.27. The molecule has 2 aromatic rings. The number of benzene rings is 1. The number of aromatic nitrogens is 2. The summed E-state index contributed by atoms with van der Waals surface area (Å²) in [5.74, 6) is 2.85. The Labute approximate surface area is 187 Å². The number of rotatable bonds is 5. The maximum atomic E-state index is 13.0. The Morgan fingerprint density at radius 1 is 1.12 bits per heavy atom. The van der Waals surface area contributed by atoms with Crippen molar-refractivity contribution in [3.05, 3.63) is 41.3 Å². The van der Waals surface area contributed by atoms with E-state index in [0.29, 0.717) is 55.7 Å². The summed E-state index contributed by atoms with van der Waals surface area (Å²) in [5.41, 5.74) is 1.56. The molecular weight excluding hydrogens is 410 g/mol. The maximum absolute atomic E-state index is 13.0. The van der Waals surface area contributed by atoms with Gasteiger partial charge in [-0.3, -0.25) is 9.59 Å². The van der Waals surface area contributed by atoms with E-state index in [1.807, 2.05) is 18.0 Å². The first-order chi connectivity index (χ1) is 15.4. The summed E-state index contributed by atoms with van der Waals surface area (Å²) in [6.45, 7) is 4.21. The summed E-state index contributed by atoms with van der Waals surface area (Å²) >= 11 is 0. The smallest absolute Gasteiger partial charge is 0.253 e. The lowest BCUT2D eigenvalue weighted by Gasteiger charge is -2.32. The van der Waals surface area contributed by atoms with Crippen LogP contribution in [-0.4, -0.2) is 72.0 Å². The summed E-state index contributed by atoms with van der Waals surface area (Å²) in [6.07, 6.45) is 1.64. The van der Waals surface area contributed by atoms with E-state index in [1.54, 1.807) is 30.1 Å². The van der Waals surface area contributed by atoms with Crippen molar-refractivity contribution in [3.63, 3.8) is 0 Å². The van der Waals surface area contributed by atoms with Gasteiger partial charge in [0.15, 0.2) is 11.5 Å². The second-order valence-corrected chi connectivity index (χ2v) is 8.14. The molecule has 0 saturated carbocycles. The Bertz CT molecular complexity index is 1000. The SMILES string of the molecule is CNc1cc(C2CCN(C(=O)c3ccc4c(c3)OCCO4)CC2)nc(CN(C)C(C)=O)n1. The number of fused-ring (bicyclic) bond motifs is 1. The van der Waals surface area contributed by atoms with E-state index in [0.717, 1.165) is 24.4 Å². The van der Waals surface area contributed by atoms with Crippen LogP contribution in [0.5, 0.6) is 11.5 Å². The third kappa shape index (κ3) is 4.76. The van der Waals surface area contributed by atoms with Crippen molar-refractivity contribution in [2.45, 2.75) is 32.2 Å². The topological polar surface area (TPSA) is 96.9 Å². The first kappa shape index (κ1) is 21.9. The van der Waals surface area contributed by atoms with Crippen LogP contribution in [0, 0.1) is 0 Å². The van der Waals surface area contributed by atoms with Crippen molar-refractivity contribution in [2.75, 3.05) is 45.7 Å². The van der Waals surface area contributed by atoms with Gasteiger partial charge in [0.1, 0.15) is 24.9 Å². The minimum atomic E-state index is -0.0315. The molecule has 0 spiro atoms. The minimum absolute atomic E-state index is 0.00259. The highest BCUT2D eigenvalue weighted by Crippen LogP contribution is 2.33. The fourth-order valence-electron chi connectivity index (χ4n) is 3.99. The minimum Gasteiger partial charge on any atom is -0.486 e. The van der Waals surface area contributed by atoms with Gasteiger partial charge in [0.25, 0.3) is 5.91 Å². The lowest BCUT2D eigenvalue weighted by atomic mass is 9.92. The van der Waals surface area contributed by atoms with Crippen LogP contribution in [0.2, 0.25) is 0 Å². The molecule has 2 aliphatic heterocycles. The van der Waals surface area contributed by atoms with Gasteiger partial charge in [-0.05, 0) is 31.0 Å². The van der Waals surface area contributed by atoms with Crippen LogP contribution in [0.15, 0.2) is 24.3 Å². The van der Waals surface area contributed by atoms with Gasteiger partial charge in [0.2, 0.25) is 5.91 Å². The predicted octanol–water partition coefficient (Wildman–Crippen LogP) is 2.29. The number of carbonyl (C=O) groups excluding carboxylic acids is 2. The number of anilines is 1. The van der Waals surface area contributed by atoms with Gasteiger partial charge >= 0.3 is 0 Å². The maximum Gasteiger partial charge on any atom is 0.253 e. The summed E-state index contributed by atoms with van der Waals surface area (Å²) < 4.78 is 11.2. The molecule has 1 aromatic heterocycles. The Morgan fingerprint density at radius 2 is 1.84 bits per heavy atom. The van der Waals surface area contributed by atoms with Crippen LogP contribution >= 0.6 is 0 Å². The Morgan fingerprint density at radius 3 is 2.53 bits per heavy atom. The first-order valence-electron chi connectivity index (χ1n) is 10.9. The third-order valence-corrected chi connectivity index (χ3v) is 5.95. The van der Waals surface area contributed by atoms with Crippen molar-refractivity contribution in [1.29, 1.82) is 0 Å². The number of carbonyl (C=O) groups is 2. The Hall–Kier alpha value is -3.36. The van der Waals surface area contributed by atoms with Crippen LogP contribution in [0.1, 0.15) is 47.6 Å². The van der Waals surface area contributed by atoms with E-state index in [-0.39, 0.29) is 17.7 Å². The third-order valence-electron chi connectivity index (χ3n) is 5.95. The van der Waals surface area contributed by atoms with E-state index < -0.39 is 0 Å². The molecule has 1 saturated heterocycles. The predicted molar refractivity (Wildman–Crippen MR) is 119 cm³/mol. The summed E-state index contributed by atoms with van der Waals surface area (Å²) in [6, 6.07) is 7.32. The van der Waals surface area contributed by atoms with Gasteiger partial charge in [-0.25, -0.2) is 9.97 Å². The van der Waals surface area contributed by atoms with Gasteiger partial charge in [0, 0.05) is 57.4 Å². The quantitative estimate of drug-likeness (QED) is 0.763. The highest BCUT2D eigenvalue weighted by molar-refractivity contribution is 5.95. The molecule has 1 fully saturated rings. The van der Waals surface area contributed by atoms with E-state index in [2.05, 4.69) is 10.3 Å². The van der Waals surface area contributed by atoms with E-state index in [1.165, 1.54) is 6.92 Å². The normalized spacial score (nSPS) is 15.9. The molecule has 0 atom stereocenters. The highest BCUT2D eigenvalue weighted by atomic mass is 16.6. The molecule has 2 amide bonds. The number of likely N-dealkylation sites (tertiary alicyclic amines) is 1. The Kier molecular flexibility index (Phi) is 6.43. The number of hydrogen-bond donors (Lipinski definition) is 1. The van der Waals surface area contributed by atoms with Gasteiger partial charge in [-0.1, -0.05) is 0 Å². The van der Waals surface area contributed by atoms with Crippen molar-refractivity contribution in [2.24, 2.45) is 0 Å². The summed E-state index contributed by atoms with van der Waals surface area (Å²) in [4.78, 5) is 37.3. The number of nitrogens with one attached hydrogen (secondary N) is 1. The second-order valence-electron chi connectivity index (χ2n) is 8.14. The fraction of sp³-hybridized carbons (Fsp3) is 0.478. The molecule has 3 heterocycles. The van der Waals surface area contributed by atoms with Crippen molar-refractivity contribution < 1.29 is 19.1 Å². The largest absolute Gasteiger partial charge is 0.486 e. The molecule has 0 unspecified atom stereocenters. The van der Waals surface area contributed by atoms with Gasteiger partial charge in [-0.15, -0.1) is 0 Å². The van der Waals surface area contributed by atoms with Crippen LogP contribution in [-0.2, 0) is 11.3 Å². The van der Waals surface area contributed by atoms with E-state index in [4.69, 9.17) is 14.5 Å². The van der Waals surface area contributed by atoms with Gasteiger partial charge in [0.05, 0.1) is 6.54 Å². The van der Waals surface area contributed by atoms with Gasteiger partial charge in [-0.2, -0.15) is 0 Å². The fourth-order valence-corrected chi connectivity index (χ4v) is 3.99. The molecule has 9 heteroatoms. The summed E-state index contributed by atoms with van der Waals surface area (Å²) in [7, 11) is 3.55. The van der Waals surface area contributed by atoms with E-state index >= 15 is 0 Å². The van der Waals surface area contributed by atoms with E-state index in [9.17, 15) is 9.59 Å². The average molecular weight is 440 g/mol. The molecule has 170 valence electrons. The molecule has 32 heavy (non-hydrogen) atoms. The standard InChI is InChI=1S/C23H29N5O4/c1-15(29)27(3)14-22-25-18(13-21(24-2)26-22)16-6-8-28(9-7-16)23(30)17-4-5-19-20(12-17)32-11-10-31-19/h4-5,12-13,16H,6-11,14H2,1-3H3,(H,24,25,26). The molecule has 1 aromatic carbocycles. The molecule has 9 nitrogen and oxygen atoms in total. The zero-order valence-electron chi connectivity index (χ0n) is 18.8. The van der Waals surface area contributed by atoms with Crippen molar-refractivity contribution in [1.82, 2.24) is 19.8 Å². The number of nitrogens with zero attached hydrogens (tertiary/aromatic N) is 4. The first-order valence-corrected chi connectivity index (χ1v) is 10.9. The second kappa shape index (κ2) is 9.42. The summed E-state index contributed by atoms with van der Waals surface area (Å²) in [5, 5.41) is 3.08. The van der Waals surface area contributed by atoms with Crippen LogP contribution < -0.4 is 14.8 Å². The zero-order chi connectivity index (χ0) is 22.7. The molecule has 0 radical (unpaired) electrons. The number of piperidine rings is 1. The lowest BCUT2D eigenvalue weighted by molar-refractivity contribution is -0.128. The van der Waals surface area contributed by atoms with Crippen molar-refractivity contribution in [3.8, 4) is 11.5 Å². The molecule has 0 bridgehead atoms. The number of ether oxygens (including phenoxy) is 2. The van der Waals surface area contributed by atoms with Gasteiger partial charge < -0.3 is 24.6 Å². The molecule has 0 aliphatic carbocycles. The monoisotopic (exact) mass is 439 g/mol. The molecular formula is C23H29N5O4.